The lowest BCUT2D eigenvalue weighted by Gasteiger charge is -2.18. The normalized spacial score (nSPS) is 11.8. The van der Waals surface area contributed by atoms with E-state index < -0.39 is 0 Å². The number of nitrogens with one attached hydrogen (secondary N) is 1. The third kappa shape index (κ3) is 4.48. The van der Waals surface area contributed by atoms with Crippen molar-refractivity contribution in [2.45, 2.75) is 13.0 Å². The van der Waals surface area contributed by atoms with E-state index in [1.807, 2.05) is 42.5 Å². The van der Waals surface area contributed by atoms with Crippen LogP contribution in [-0.4, -0.2) is 19.1 Å². The van der Waals surface area contributed by atoms with E-state index in [4.69, 9.17) is 22.1 Å². The molecule has 0 saturated heterocycles. The highest BCUT2D eigenvalue weighted by Gasteiger charge is 2.13. The van der Waals surface area contributed by atoms with Gasteiger partial charge >= 0.3 is 5.97 Å². The van der Waals surface area contributed by atoms with Crippen LogP contribution in [0.2, 0.25) is 5.02 Å². The second-order valence-corrected chi connectivity index (χ2v) is 5.32. The fourth-order valence-electron chi connectivity index (χ4n) is 2.17. The number of benzene rings is 2. The summed E-state index contributed by atoms with van der Waals surface area (Å²) in [6.07, 6.45) is 0. The van der Waals surface area contributed by atoms with Crippen LogP contribution in [0.5, 0.6) is 0 Å². The Morgan fingerprint density at radius 1 is 1.27 bits per heavy atom. The zero-order chi connectivity index (χ0) is 15.9. The Labute approximate surface area is 135 Å². The van der Waals surface area contributed by atoms with Crippen LogP contribution in [-0.2, 0) is 9.53 Å². The molecule has 0 aliphatic carbocycles. The van der Waals surface area contributed by atoms with Crippen LogP contribution < -0.4 is 11.1 Å². The molecule has 2 rings (SSSR count). The van der Waals surface area contributed by atoms with Crippen LogP contribution in [0.25, 0.3) is 0 Å². The minimum atomic E-state index is -0.292. The Morgan fingerprint density at radius 3 is 2.68 bits per heavy atom. The van der Waals surface area contributed by atoms with Crippen LogP contribution in [0.4, 0.5) is 5.69 Å². The number of rotatable bonds is 6. The Morgan fingerprint density at radius 2 is 2.00 bits per heavy atom. The van der Waals surface area contributed by atoms with Crippen molar-refractivity contribution >= 4 is 23.3 Å². The second kappa shape index (κ2) is 7.82. The molecule has 0 saturated carbocycles. The number of anilines is 1. The molecule has 116 valence electrons. The predicted octanol–water partition coefficient (Wildman–Crippen LogP) is 3.36. The first-order valence-electron chi connectivity index (χ1n) is 7.05. The molecule has 0 amide bonds. The van der Waals surface area contributed by atoms with E-state index in [0.29, 0.717) is 18.2 Å². The van der Waals surface area contributed by atoms with E-state index >= 15 is 0 Å². The average molecular weight is 319 g/mol. The summed E-state index contributed by atoms with van der Waals surface area (Å²) in [6.45, 7) is 2.20. The second-order valence-electron chi connectivity index (χ2n) is 4.89. The van der Waals surface area contributed by atoms with Crippen molar-refractivity contribution < 1.29 is 9.53 Å². The number of nitrogens with two attached hydrogens (primary N) is 1. The molecule has 0 aliphatic heterocycles. The maximum Gasteiger partial charge on any atom is 0.302 e. The van der Waals surface area contributed by atoms with Crippen molar-refractivity contribution in [3.63, 3.8) is 0 Å². The smallest absolute Gasteiger partial charge is 0.302 e. The fraction of sp³-hybridized carbons (Fsp3) is 0.235. The standard InChI is InChI=1S/C17H19ClN2O2/c1-12(21)22-10-9-20-16-8-7-14(18)11-15(16)17(19)13-5-3-2-4-6-13/h2-8,11,17,20H,9-10,19H2,1H3. The SMILES string of the molecule is CC(=O)OCCNc1ccc(Cl)cc1C(N)c1ccccc1. The Kier molecular flexibility index (Phi) is 5.81. The molecule has 1 atom stereocenters. The first kappa shape index (κ1) is 16.3. The van der Waals surface area contributed by atoms with Gasteiger partial charge in [-0.2, -0.15) is 0 Å². The highest BCUT2D eigenvalue weighted by Crippen LogP contribution is 2.29. The lowest BCUT2D eigenvalue weighted by atomic mass is 9.98. The predicted molar refractivity (Wildman–Crippen MR) is 89.0 cm³/mol. The lowest BCUT2D eigenvalue weighted by molar-refractivity contribution is -0.140. The molecule has 5 heteroatoms. The molecule has 2 aromatic carbocycles. The van der Waals surface area contributed by atoms with Gasteiger partial charge in [-0.15, -0.1) is 0 Å². The van der Waals surface area contributed by atoms with Crippen molar-refractivity contribution in [1.29, 1.82) is 0 Å². The summed E-state index contributed by atoms with van der Waals surface area (Å²) in [5.41, 5.74) is 9.15. The number of hydrogen-bond donors (Lipinski definition) is 2. The molecule has 0 radical (unpaired) electrons. The number of carbonyl (C=O) groups is 1. The van der Waals surface area contributed by atoms with Gasteiger partial charge in [-0.3, -0.25) is 4.79 Å². The maximum atomic E-state index is 10.8. The highest BCUT2D eigenvalue weighted by molar-refractivity contribution is 6.30. The number of hydrogen-bond acceptors (Lipinski definition) is 4. The van der Waals surface area contributed by atoms with Gasteiger partial charge in [0.2, 0.25) is 0 Å². The monoisotopic (exact) mass is 318 g/mol. The molecular formula is C17H19ClN2O2. The largest absolute Gasteiger partial charge is 0.464 e. The number of ether oxygens (including phenoxy) is 1. The molecule has 22 heavy (non-hydrogen) atoms. The topological polar surface area (TPSA) is 64.3 Å². The Bertz CT molecular complexity index is 632. The van der Waals surface area contributed by atoms with Crippen molar-refractivity contribution in [3.05, 3.63) is 64.7 Å². The molecule has 0 fully saturated rings. The maximum absolute atomic E-state index is 10.8. The number of carbonyl (C=O) groups excluding carboxylic acids is 1. The zero-order valence-electron chi connectivity index (χ0n) is 12.4. The van der Waals surface area contributed by atoms with E-state index in [0.717, 1.165) is 16.8 Å². The van der Waals surface area contributed by atoms with Gasteiger partial charge in [0.05, 0.1) is 6.04 Å². The zero-order valence-corrected chi connectivity index (χ0v) is 13.1. The van der Waals surface area contributed by atoms with Gasteiger partial charge in [0.1, 0.15) is 6.61 Å². The van der Waals surface area contributed by atoms with Crippen LogP contribution in [0.15, 0.2) is 48.5 Å². The molecule has 2 aromatic rings. The van der Waals surface area contributed by atoms with Gasteiger partial charge < -0.3 is 15.8 Å². The summed E-state index contributed by atoms with van der Waals surface area (Å²) in [7, 11) is 0. The fourth-order valence-corrected chi connectivity index (χ4v) is 2.35. The van der Waals surface area contributed by atoms with Gasteiger partial charge in [0, 0.05) is 24.2 Å². The van der Waals surface area contributed by atoms with Crippen LogP contribution in [0, 0.1) is 0 Å². The van der Waals surface area contributed by atoms with Gasteiger partial charge in [-0.05, 0) is 29.3 Å². The van der Waals surface area contributed by atoms with Crippen molar-refractivity contribution in [2.75, 3.05) is 18.5 Å². The minimum Gasteiger partial charge on any atom is -0.464 e. The van der Waals surface area contributed by atoms with E-state index in [2.05, 4.69) is 5.32 Å². The highest BCUT2D eigenvalue weighted by atomic mass is 35.5. The lowest BCUT2D eigenvalue weighted by Crippen LogP contribution is -2.17. The molecule has 3 N–H and O–H groups in total. The summed E-state index contributed by atoms with van der Waals surface area (Å²) in [5.74, 6) is -0.292. The van der Waals surface area contributed by atoms with Gasteiger partial charge in [0.15, 0.2) is 0 Å². The van der Waals surface area contributed by atoms with Crippen LogP contribution in [0.3, 0.4) is 0 Å². The Hall–Kier alpha value is -2.04. The molecule has 4 nitrogen and oxygen atoms in total. The summed E-state index contributed by atoms with van der Waals surface area (Å²) < 4.78 is 4.91. The quantitative estimate of drug-likeness (QED) is 0.633. The molecule has 0 aromatic heterocycles. The summed E-state index contributed by atoms with van der Waals surface area (Å²) in [4.78, 5) is 10.8. The third-order valence-corrected chi connectivity index (χ3v) is 3.47. The number of halogens is 1. The molecule has 0 aliphatic rings. The summed E-state index contributed by atoms with van der Waals surface area (Å²) in [6, 6.07) is 15.1. The van der Waals surface area contributed by atoms with Gasteiger partial charge in [-0.25, -0.2) is 0 Å². The van der Waals surface area contributed by atoms with Crippen molar-refractivity contribution in [2.24, 2.45) is 5.73 Å². The molecule has 1 unspecified atom stereocenters. The molecule has 0 heterocycles. The van der Waals surface area contributed by atoms with Gasteiger partial charge in [0.25, 0.3) is 0 Å². The summed E-state index contributed by atoms with van der Waals surface area (Å²) >= 11 is 6.10. The molecule has 0 bridgehead atoms. The molecular weight excluding hydrogens is 300 g/mol. The molecule has 0 spiro atoms. The van der Waals surface area contributed by atoms with Gasteiger partial charge in [-0.1, -0.05) is 41.9 Å². The Balaban J connectivity index is 2.15. The van der Waals surface area contributed by atoms with Crippen molar-refractivity contribution in [1.82, 2.24) is 0 Å². The van der Waals surface area contributed by atoms with E-state index in [1.54, 1.807) is 6.07 Å². The third-order valence-electron chi connectivity index (χ3n) is 3.23. The van der Waals surface area contributed by atoms with E-state index in [9.17, 15) is 4.79 Å². The number of esters is 1. The van der Waals surface area contributed by atoms with Crippen LogP contribution >= 0.6 is 11.6 Å². The first-order chi connectivity index (χ1) is 10.6. The first-order valence-corrected chi connectivity index (χ1v) is 7.43. The average Bonchev–Trinajstić information content (AvgIpc) is 2.52. The van der Waals surface area contributed by atoms with E-state index in [1.165, 1.54) is 6.92 Å². The minimum absolute atomic E-state index is 0.281. The van der Waals surface area contributed by atoms with E-state index in [-0.39, 0.29) is 12.0 Å². The van der Waals surface area contributed by atoms with Crippen molar-refractivity contribution in [3.8, 4) is 0 Å². The summed E-state index contributed by atoms with van der Waals surface area (Å²) in [5, 5.41) is 3.86. The van der Waals surface area contributed by atoms with Crippen LogP contribution in [0.1, 0.15) is 24.1 Å².